The minimum atomic E-state index is -3.44. The Morgan fingerprint density at radius 2 is 2.12 bits per heavy atom. The van der Waals surface area contributed by atoms with Crippen molar-refractivity contribution < 1.29 is 13.5 Å². The Bertz CT molecular complexity index is 456. The summed E-state index contributed by atoms with van der Waals surface area (Å²) in [7, 11) is -3.44. The largest absolute Gasteiger partial charge is 0.396 e. The molecule has 1 aromatic heterocycles. The molecule has 0 saturated heterocycles. The molecule has 0 atom stereocenters. The van der Waals surface area contributed by atoms with Gasteiger partial charge >= 0.3 is 0 Å². The number of thiophene rings is 1. The molecule has 1 rings (SSSR count). The van der Waals surface area contributed by atoms with E-state index in [-0.39, 0.29) is 12.6 Å². The van der Waals surface area contributed by atoms with Crippen LogP contribution in [0.15, 0.2) is 20.1 Å². The van der Waals surface area contributed by atoms with E-state index in [4.69, 9.17) is 5.11 Å². The molecule has 0 aliphatic heterocycles. The first-order valence-corrected chi connectivity index (χ1v) is 8.32. The standard InChI is InChI=1S/C10H16BrNO3S2/c1-8(2)12(6-3-7-13)17(14,15)10-5-4-9(11)16-10/h4-5,8,13H,3,6-7H2,1-2H3. The van der Waals surface area contributed by atoms with Crippen LogP contribution in [0.5, 0.6) is 0 Å². The Labute approximate surface area is 114 Å². The van der Waals surface area contributed by atoms with Crippen LogP contribution in [-0.4, -0.2) is 37.0 Å². The summed E-state index contributed by atoms with van der Waals surface area (Å²) >= 11 is 4.46. The van der Waals surface area contributed by atoms with Gasteiger partial charge in [-0.25, -0.2) is 8.42 Å². The van der Waals surface area contributed by atoms with Gasteiger partial charge in [-0.15, -0.1) is 11.3 Å². The van der Waals surface area contributed by atoms with Crippen molar-refractivity contribution in [3.05, 3.63) is 15.9 Å². The topological polar surface area (TPSA) is 57.6 Å². The third-order valence-corrected chi connectivity index (χ3v) is 6.39. The highest BCUT2D eigenvalue weighted by molar-refractivity contribution is 9.11. The van der Waals surface area contributed by atoms with Crippen molar-refractivity contribution in [1.82, 2.24) is 4.31 Å². The van der Waals surface area contributed by atoms with Crippen LogP contribution in [0.4, 0.5) is 0 Å². The zero-order chi connectivity index (χ0) is 13.1. The van der Waals surface area contributed by atoms with E-state index in [2.05, 4.69) is 15.9 Å². The number of nitrogens with zero attached hydrogens (tertiary/aromatic N) is 1. The number of sulfonamides is 1. The molecule has 0 amide bonds. The lowest BCUT2D eigenvalue weighted by molar-refractivity contribution is 0.258. The van der Waals surface area contributed by atoms with Crippen LogP contribution in [0, 0.1) is 0 Å². The van der Waals surface area contributed by atoms with E-state index in [1.54, 1.807) is 12.1 Å². The second-order valence-corrected chi connectivity index (χ2v) is 8.43. The van der Waals surface area contributed by atoms with Crippen LogP contribution in [0.1, 0.15) is 20.3 Å². The van der Waals surface area contributed by atoms with E-state index >= 15 is 0 Å². The highest BCUT2D eigenvalue weighted by atomic mass is 79.9. The molecule has 0 aromatic carbocycles. The molecule has 0 spiro atoms. The molecule has 1 aromatic rings. The van der Waals surface area contributed by atoms with E-state index in [1.807, 2.05) is 13.8 Å². The second-order valence-electron chi connectivity index (χ2n) is 3.85. The molecule has 0 fully saturated rings. The number of halogens is 1. The average molecular weight is 342 g/mol. The Morgan fingerprint density at radius 1 is 1.47 bits per heavy atom. The Balaban J connectivity index is 3.00. The predicted molar refractivity (Wildman–Crippen MR) is 72.7 cm³/mol. The molecule has 0 saturated carbocycles. The summed E-state index contributed by atoms with van der Waals surface area (Å²) in [5, 5.41) is 8.81. The molecule has 98 valence electrons. The number of aliphatic hydroxyl groups is 1. The summed E-state index contributed by atoms with van der Waals surface area (Å²) in [6.07, 6.45) is 0.448. The first-order chi connectivity index (χ1) is 7.89. The third kappa shape index (κ3) is 3.75. The Hall–Kier alpha value is 0.0500. The first-order valence-electron chi connectivity index (χ1n) is 5.27. The molecule has 0 radical (unpaired) electrons. The molecule has 17 heavy (non-hydrogen) atoms. The van der Waals surface area contributed by atoms with E-state index in [0.717, 1.165) is 3.79 Å². The predicted octanol–water partition coefficient (Wildman–Crippen LogP) is 2.29. The molecule has 1 heterocycles. The lowest BCUT2D eigenvalue weighted by Gasteiger charge is -2.24. The van der Waals surface area contributed by atoms with Crippen LogP contribution in [-0.2, 0) is 10.0 Å². The molecule has 0 unspecified atom stereocenters. The van der Waals surface area contributed by atoms with Gasteiger partial charge in [0.25, 0.3) is 10.0 Å². The van der Waals surface area contributed by atoms with Gasteiger partial charge in [0.1, 0.15) is 4.21 Å². The van der Waals surface area contributed by atoms with Crippen LogP contribution in [0.2, 0.25) is 0 Å². The summed E-state index contributed by atoms with van der Waals surface area (Å²) < 4.78 is 27.2. The van der Waals surface area contributed by atoms with Crippen molar-refractivity contribution in [2.45, 2.75) is 30.5 Å². The maximum atomic E-state index is 12.3. The van der Waals surface area contributed by atoms with Crippen LogP contribution in [0.25, 0.3) is 0 Å². The molecule has 7 heteroatoms. The molecular formula is C10H16BrNO3S2. The first kappa shape index (κ1) is 15.1. The number of hydrogen-bond donors (Lipinski definition) is 1. The van der Waals surface area contributed by atoms with Crippen molar-refractivity contribution in [2.24, 2.45) is 0 Å². The molecule has 4 nitrogen and oxygen atoms in total. The van der Waals surface area contributed by atoms with Crippen molar-refractivity contribution in [3.63, 3.8) is 0 Å². The minimum absolute atomic E-state index is 0.00707. The van der Waals surface area contributed by atoms with Gasteiger partial charge in [0.2, 0.25) is 0 Å². The van der Waals surface area contributed by atoms with Gasteiger partial charge in [-0.2, -0.15) is 4.31 Å². The van der Waals surface area contributed by atoms with E-state index in [9.17, 15) is 8.42 Å². The molecule has 0 aliphatic carbocycles. The fourth-order valence-electron chi connectivity index (χ4n) is 1.43. The SMILES string of the molecule is CC(C)N(CCCO)S(=O)(=O)c1ccc(Br)s1. The van der Waals surface area contributed by atoms with Crippen molar-refractivity contribution >= 4 is 37.3 Å². The van der Waals surface area contributed by atoms with E-state index in [1.165, 1.54) is 15.6 Å². The lowest BCUT2D eigenvalue weighted by atomic mass is 10.3. The maximum Gasteiger partial charge on any atom is 0.252 e. The lowest BCUT2D eigenvalue weighted by Crippen LogP contribution is -2.37. The normalized spacial score (nSPS) is 12.6. The van der Waals surface area contributed by atoms with E-state index in [0.29, 0.717) is 17.2 Å². The van der Waals surface area contributed by atoms with Crippen LogP contribution >= 0.6 is 27.3 Å². The average Bonchev–Trinajstić information content (AvgIpc) is 2.65. The van der Waals surface area contributed by atoms with Gasteiger partial charge in [-0.3, -0.25) is 0 Å². The van der Waals surface area contributed by atoms with Gasteiger partial charge in [0.15, 0.2) is 0 Å². The highest BCUT2D eigenvalue weighted by Gasteiger charge is 2.27. The molecule has 1 N–H and O–H groups in total. The second kappa shape index (κ2) is 6.29. The fourth-order valence-corrected chi connectivity index (χ4v) is 5.25. The third-order valence-electron chi connectivity index (χ3n) is 2.22. The summed E-state index contributed by atoms with van der Waals surface area (Å²) in [5.41, 5.74) is 0. The highest BCUT2D eigenvalue weighted by Crippen LogP contribution is 2.29. The summed E-state index contributed by atoms with van der Waals surface area (Å²) in [6.45, 7) is 3.99. The number of rotatable bonds is 6. The van der Waals surface area contributed by atoms with Crippen molar-refractivity contribution in [2.75, 3.05) is 13.2 Å². The molecule has 0 aliphatic rings. The van der Waals surface area contributed by atoms with Gasteiger partial charge in [-0.05, 0) is 48.3 Å². The van der Waals surface area contributed by atoms with Gasteiger partial charge < -0.3 is 5.11 Å². The van der Waals surface area contributed by atoms with Gasteiger partial charge in [0, 0.05) is 19.2 Å². The quantitative estimate of drug-likeness (QED) is 0.863. The molecular weight excluding hydrogens is 326 g/mol. The fraction of sp³-hybridized carbons (Fsp3) is 0.600. The summed E-state index contributed by atoms with van der Waals surface area (Å²) in [4.78, 5) is 0. The minimum Gasteiger partial charge on any atom is -0.396 e. The Morgan fingerprint density at radius 3 is 2.53 bits per heavy atom. The summed E-state index contributed by atoms with van der Waals surface area (Å²) in [5.74, 6) is 0. The molecule has 0 bridgehead atoms. The number of hydrogen-bond acceptors (Lipinski definition) is 4. The zero-order valence-corrected chi connectivity index (χ0v) is 13.0. The van der Waals surface area contributed by atoms with Crippen molar-refractivity contribution in [1.29, 1.82) is 0 Å². The smallest absolute Gasteiger partial charge is 0.252 e. The van der Waals surface area contributed by atoms with E-state index < -0.39 is 10.0 Å². The van der Waals surface area contributed by atoms with Crippen LogP contribution in [0.3, 0.4) is 0 Å². The monoisotopic (exact) mass is 341 g/mol. The number of aliphatic hydroxyl groups excluding tert-OH is 1. The maximum absolute atomic E-state index is 12.3. The zero-order valence-electron chi connectivity index (χ0n) is 9.76. The van der Waals surface area contributed by atoms with Gasteiger partial charge in [0.05, 0.1) is 3.79 Å². The Kier molecular flexibility index (Phi) is 5.59. The van der Waals surface area contributed by atoms with Gasteiger partial charge in [-0.1, -0.05) is 0 Å². The van der Waals surface area contributed by atoms with Crippen LogP contribution < -0.4 is 0 Å². The van der Waals surface area contributed by atoms with Crippen molar-refractivity contribution in [3.8, 4) is 0 Å². The summed E-state index contributed by atoms with van der Waals surface area (Å²) in [6, 6.07) is 3.20.